The van der Waals surface area contributed by atoms with Crippen LogP contribution in [0.3, 0.4) is 0 Å². The summed E-state index contributed by atoms with van der Waals surface area (Å²) in [7, 11) is 0. The molecule has 76 valence electrons. The Morgan fingerprint density at radius 2 is 2.64 bits per heavy atom. The van der Waals surface area contributed by atoms with Gasteiger partial charge in [0.05, 0.1) is 11.7 Å². The molecule has 0 spiro atoms. The molecule has 0 aliphatic heterocycles. The first kappa shape index (κ1) is 9.14. The lowest BCUT2D eigenvalue weighted by Gasteiger charge is -2.04. The van der Waals surface area contributed by atoms with Gasteiger partial charge >= 0.3 is 0 Å². The molecule has 1 aromatic rings. The van der Waals surface area contributed by atoms with Gasteiger partial charge in [-0.25, -0.2) is 4.98 Å². The van der Waals surface area contributed by atoms with Crippen LogP contribution in [0.15, 0.2) is 5.38 Å². The van der Waals surface area contributed by atoms with Gasteiger partial charge in [0, 0.05) is 5.38 Å². The van der Waals surface area contributed by atoms with Crippen LogP contribution in [0.4, 0.5) is 0 Å². The molecule has 1 atom stereocenters. The van der Waals surface area contributed by atoms with Gasteiger partial charge in [-0.2, -0.15) is 0 Å². The minimum absolute atomic E-state index is 0.135. The van der Waals surface area contributed by atoms with Crippen LogP contribution in [0.5, 0.6) is 0 Å². The van der Waals surface area contributed by atoms with Gasteiger partial charge in [0.25, 0.3) is 6.47 Å². The minimum atomic E-state index is -0.846. The van der Waals surface area contributed by atoms with Crippen LogP contribution in [0, 0.1) is 0 Å². The van der Waals surface area contributed by atoms with E-state index in [1.54, 1.807) is 12.3 Å². The van der Waals surface area contributed by atoms with Crippen LogP contribution < -0.4 is 5.32 Å². The molecule has 5 nitrogen and oxygen atoms in total. The average Bonchev–Trinajstić information content (AvgIpc) is 2.62. The quantitative estimate of drug-likeness (QED) is 0.731. The molecule has 0 aliphatic carbocycles. The second-order valence-electron chi connectivity index (χ2n) is 2.54. The summed E-state index contributed by atoms with van der Waals surface area (Å²) in [5.41, 5.74) is 0.657. The van der Waals surface area contributed by atoms with E-state index >= 15 is 0 Å². The fourth-order valence-electron chi connectivity index (χ4n) is 0.858. The summed E-state index contributed by atoms with van der Waals surface area (Å²) in [4.78, 5) is 24.5. The maximum Gasteiger partial charge on any atom is 0.293 e. The van der Waals surface area contributed by atoms with Crippen molar-refractivity contribution in [2.75, 3.05) is 0 Å². The first-order chi connectivity index (χ1) is 7.13. The van der Waals surface area contributed by atoms with Crippen molar-refractivity contribution in [3.63, 3.8) is 0 Å². The predicted octanol–water partition coefficient (Wildman–Crippen LogP) is 0.623. The third-order valence-electron chi connectivity index (χ3n) is 1.56. The lowest BCUT2D eigenvalue weighted by Crippen LogP contribution is -2.16. The molecule has 0 bridgehead atoms. The lowest BCUT2D eigenvalue weighted by atomic mass is 10.3. The van der Waals surface area contributed by atoms with Gasteiger partial charge < -0.3 is 10.1 Å². The normalized spacial score (nSPS) is 12.8. The third-order valence-corrected chi connectivity index (χ3v) is 2.40. The lowest BCUT2D eigenvalue weighted by molar-refractivity contribution is -0.129. The number of ether oxygens (including phenoxy) is 1. The highest BCUT2D eigenvalue weighted by atomic mass is 32.1. The standard InChI is InChI=1S/C8H10N2O3S/c1-6(9-4-11)7-3-14-8(10-7)2-13-5-12/h3-6H,2H2,1H3,(H,9,11)/i4D. The van der Waals surface area contributed by atoms with E-state index in [1.807, 2.05) is 0 Å². The summed E-state index contributed by atoms with van der Waals surface area (Å²) in [5.74, 6) is 0. The maximum absolute atomic E-state index is 10.5. The molecule has 14 heavy (non-hydrogen) atoms. The Morgan fingerprint density at radius 1 is 1.86 bits per heavy atom. The van der Waals surface area contributed by atoms with E-state index in [4.69, 9.17) is 1.37 Å². The fraction of sp³-hybridized carbons (Fsp3) is 0.375. The monoisotopic (exact) mass is 215 g/mol. The van der Waals surface area contributed by atoms with Crippen molar-refractivity contribution in [3.8, 4) is 0 Å². The third kappa shape index (κ3) is 2.81. The Kier molecular flexibility index (Phi) is 3.48. The minimum Gasteiger partial charge on any atom is -0.460 e. The number of hydrogen-bond donors (Lipinski definition) is 1. The summed E-state index contributed by atoms with van der Waals surface area (Å²) in [6, 6.07) is -0.309. The van der Waals surface area contributed by atoms with Gasteiger partial charge in [-0.1, -0.05) is 0 Å². The Morgan fingerprint density at radius 3 is 3.29 bits per heavy atom. The molecule has 0 radical (unpaired) electrons. The molecule has 1 unspecified atom stereocenters. The van der Waals surface area contributed by atoms with Crippen molar-refractivity contribution in [3.05, 3.63) is 16.1 Å². The first-order valence-corrected chi connectivity index (χ1v) is 4.78. The van der Waals surface area contributed by atoms with E-state index in [0.29, 0.717) is 17.2 Å². The number of nitrogens with zero attached hydrogens (tertiary/aromatic N) is 1. The zero-order valence-corrected chi connectivity index (χ0v) is 8.34. The van der Waals surface area contributed by atoms with Crippen molar-refractivity contribution in [2.45, 2.75) is 19.6 Å². The summed E-state index contributed by atoms with van der Waals surface area (Å²) in [5, 5.41) is 4.80. The molecule has 1 aromatic heterocycles. The summed E-state index contributed by atoms with van der Waals surface area (Å²) < 4.78 is 11.3. The number of aromatic nitrogens is 1. The molecule has 6 heteroatoms. The van der Waals surface area contributed by atoms with Crippen molar-refractivity contribution in [2.24, 2.45) is 0 Å². The number of amides is 1. The molecule has 0 saturated carbocycles. The highest BCUT2D eigenvalue weighted by Gasteiger charge is 2.08. The summed E-state index contributed by atoms with van der Waals surface area (Å²) >= 11 is 1.34. The molecule has 0 aliphatic rings. The predicted molar refractivity (Wildman–Crippen MR) is 50.6 cm³/mol. The van der Waals surface area contributed by atoms with Crippen molar-refractivity contribution in [1.82, 2.24) is 10.3 Å². The highest BCUT2D eigenvalue weighted by molar-refractivity contribution is 7.09. The Bertz CT molecular complexity index is 355. The van der Waals surface area contributed by atoms with E-state index < -0.39 is 6.39 Å². The Balaban J connectivity index is 2.58. The van der Waals surface area contributed by atoms with Crippen molar-refractivity contribution in [1.29, 1.82) is 0 Å². The molecule has 1 heterocycles. The molecular formula is C8H10N2O3S. The first-order valence-electron chi connectivity index (χ1n) is 4.40. The zero-order chi connectivity index (χ0) is 11.3. The van der Waals surface area contributed by atoms with E-state index in [0.717, 1.165) is 0 Å². The van der Waals surface area contributed by atoms with Gasteiger partial charge in [-0.3, -0.25) is 9.59 Å². The van der Waals surface area contributed by atoms with Crippen molar-refractivity contribution >= 4 is 24.2 Å². The van der Waals surface area contributed by atoms with Crippen LogP contribution in [-0.4, -0.2) is 17.8 Å². The van der Waals surface area contributed by atoms with E-state index in [1.165, 1.54) is 11.3 Å². The van der Waals surface area contributed by atoms with Crippen LogP contribution in [-0.2, 0) is 20.9 Å². The average molecular weight is 215 g/mol. The fourth-order valence-corrected chi connectivity index (χ4v) is 1.67. The Hall–Kier alpha value is -1.43. The molecule has 1 amide bonds. The largest absolute Gasteiger partial charge is 0.460 e. The van der Waals surface area contributed by atoms with Crippen LogP contribution in [0.25, 0.3) is 0 Å². The van der Waals surface area contributed by atoms with E-state index in [-0.39, 0.29) is 12.6 Å². The van der Waals surface area contributed by atoms with Gasteiger partial charge in [-0.15, -0.1) is 11.3 Å². The van der Waals surface area contributed by atoms with Gasteiger partial charge in [0.2, 0.25) is 6.39 Å². The number of carbonyl (C=O) groups excluding carboxylic acids is 2. The van der Waals surface area contributed by atoms with Crippen molar-refractivity contribution < 1.29 is 15.7 Å². The van der Waals surface area contributed by atoms with Crippen LogP contribution in [0.1, 0.15) is 25.0 Å². The van der Waals surface area contributed by atoms with Crippen LogP contribution in [0.2, 0.25) is 0 Å². The van der Waals surface area contributed by atoms with E-state index in [2.05, 4.69) is 15.0 Å². The zero-order valence-electron chi connectivity index (χ0n) is 8.52. The molecule has 1 N–H and O–H groups in total. The number of carbonyl (C=O) groups is 2. The molecule has 0 saturated heterocycles. The van der Waals surface area contributed by atoms with Gasteiger partial charge in [0.15, 0.2) is 0 Å². The molecule has 0 fully saturated rings. The van der Waals surface area contributed by atoms with E-state index in [9.17, 15) is 9.59 Å². The molecule has 1 rings (SSSR count). The SMILES string of the molecule is [2H]C(=O)NC(C)c1csc(COC=O)n1. The van der Waals surface area contributed by atoms with Gasteiger partial charge in [0.1, 0.15) is 13.0 Å². The Labute approximate surface area is 86.5 Å². The number of nitrogens with one attached hydrogen (secondary N) is 1. The topological polar surface area (TPSA) is 68.3 Å². The van der Waals surface area contributed by atoms with Gasteiger partial charge in [-0.05, 0) is 6.92 Å². The highest BCUT2D eigenvalue weighted by Crippen LogP contribution is 2.16. The second kappa shape index (κ2) is 5.33. The smallest absolute Gasteiger partial charge is 0.293 e. The van der Waals surface area contributed by atoms with Crippen LogP contribution >= 0.6 is 11.3 Å². The second-order valence-corrected chi connectivity index (χ2v) is 3.48. The summed E-state index contributed by atoms with van der Waals surface area (Å²) in [6.07, 6.45) is -0.846. The number of rotatable bonds is 5. The maximum atomic E-state index is 10.5. The number of thiazole rings is 1. The molecular weight excluding hydrogens is 204 g/mol. The number of hydrogen-bond acceptors (Lipinski definition) is 5. The molecule has 0 aromatic carbocycles. The summed E-state index contributed by atoms with van der Waals surface area (Å²) in [6.45, 7) is 2.22.